The van der Waals surface area contributed by atoms with Crippen LogP contribution in [0.5, 0.6) is 0 Å². The normalized spacial score (nSPS) is 10.4. The minimum absolute atomic E-state index is 0.220. The number of fused-ring (bicyclic) bond motifs is 1. The Morgan fingerprint density at radius 3 is 2.75 bits per heavy atom. The molecule has 1 aromatic carbocycles. The molecule has 0 fully saturated rings. The lowest BCUT2D eigenvalue weighted by molar-refractivity contribution is 1.18. The molecule has 0 saturated heterocycles. The number of pyridine rings is 1. The number of nitrogen functional groups attached to an aromatic ring is 1. The Balaban J connectivity index is 2.03. The molecule has 0 unspecified atom stereocenters. The number of rotatable bonds is 3. The van der Waals surface area contributed by atoms with Gasteiger partial charge in [-0.1, -0.05) is 6.07 Å². The SMILES string of the molecule is CNc1cc(Nc2cccc3ncccc23)nc(N)n1. The number of benzene rings is 1. The van der Waals surface area contributed by atoms with Gasteiger partial charge in [-0.25, -0.2) is 0 Å². The third-order valence-electron chi connectivity index (χ3n) is 2.91. The predicted molar refractivity (Wildman–Crippen MR) is 81.0 cm³/mol. The summed E-state index contributed by atoms with van der Waals surface area (Å²) < 4.78 is 0. The zero-order valence-corrected chi connectivity index (χ0v) is 11.0. The third-order valence-corrected chi connectivity index (χ3v) is 2.91. The molecular formula is C14H14N6. The summed E-state index contributed by atoms with van der Waals surface area (Å²) in [6.45, 7) is 0. The highest BCUT2D eigenvalue weighted by Crippen LogP contribution is 2.25. The maximum absolute atomic E-state index is 5.69. The molecule has 2 aromatic heterocycles. The van der Waals surface area contributed by atoms with Crippen LogP contribution in [0.1, 0.15) is 0 Å². The van der Waals surface area contributed by atoms with E-state index in [0.29, 0.717) is 11.6 Å². The van der Waals surface area contributed by atoms with Crippen LogP contribution in [0.25, 0.3) is 10.9 Å². The van der Waals surface area contributed by atoms with E-state index in [-0.39, 0.29) is 5.95 Å². The zero-order chi connectivity index (χ0) is 13.9. The van der Waals surface area contributed by atoms with Gasteiger partial charge < -0.3 is 16.4 Å². The molecule has 6 heteroatoms. The maximum atomic E-state index is 5.69. The van der Waals surface area contributed by atoms with Crippen LogP contribution in [-0.4, -0.2) is 22.0 Å². The summed E-state index contributed by atoms with van der Waals surface area (Å²) in [5, 5.41) is 7.23. The summed E-state index contributed by atoms with van der Waals surface area (Å²) in [6, 6.07) is 11.6. The summed E-state index contributed by atoms with van der Waals surface area (Å²) in [4.78, 5) is 12.6. The molecule has 20 heavy (non-hydrogen) atoms. The highest BCUT2D eigenvalue weighted by molar-refractivity contribution is 5.92. The van der Waals surface area contributed by atoms with Crippen molar-refractivity contribution in [1.29, 1.82) is 0 Å². The molecule has 0 bridgehead atoms. The molecule has 3 rings (SSSR count). The number of nitrogens with two attached hydrogens (primary N) is 1. The first-order valence-electron chi connectivity index (χ1n) is 6.19. The van der Waals surface area contributed by atoms with Gasteiger partial charge in [0.25, 0.3) is 0 Å². The van der Waals surface area contributed by atoms with Crippen molar-refractivity contribution >= 4 is 34.2 Å². The first kappa shape index (κ1) is 12.2. The first-order valence-corrected chi connectivity index (χ1v) is 6.19. The molecule has 6 nitrogen and oxygen atoms in total. The van der Waals surface area contributed by atoms with E-state index in [1.807, 2.05) is 30.3 Å². The molecule has 0 spiro atoms. The van der Waals surface area contributed by atoms with Crippen LogP contribution >= 0.6 is 0 Å². The van der Waals surface area contributed by atoms with Crippen LogP contribution in [0.15, 0.2) is 42.6 Å². The summed E-state index contributed by atoms with van der Waals surface area (Å²) in [5.74, 6) is 1.52. The van der Waals surface area contributed by atoms with Gasteiger partial charge in [0.2, 0.25) is 5.95 Å². The molecule has 0 radical (unpaired) electrons. The van der Waals surface area contributed by atoms with Crippen molar-refractivity contribution in [3.05, 3.63) is 42.6 Å². The standard InChI is InChI=1S/C14H14N6/c1-16-12-8-13(20-14(15)19-12)18-11-6-2-5-10-9(11)4-3-7-17-10/h2-8H,1H3,(H4,15,16,18,19,20). The van der Waals surface area contributed by atoms with E-state index < -0.39 is 0 Å². The van der Waals surface area contributed by atoms with Crippen molar-refractivity contribution in [1.82, 2.24) is 15.0 Å². The molecule has 4 N–H and O–H groups in total. The number of anilines is 4. The van der Waals surface area contributed by atoms with Crippen LogP contribution in [-0.2, 0) is 0 Å². The Morgan fingerprint density at radius 2 is 1.90 bits per heavy atom. The minimum Gasteiger partial charge on any atom is -0.373 e. The zero-order valence-electron chi connectivity index (χ0n) is 11.0. The van der Waals surface area contributed by atoms with E-state index in [4.69, 9.17) is 5.73 Å². The minimum atomic E-state index is 0.220. The molecule has 0 aliphatic heterocycles. The van der Waals surface area contributed by atoms with Crippen molar-refractivity contribution in [3.8, 4) is 0 Å². The second-order valence-corrected chi connectivity index (χ2v) is 4.25. The molecule has 0 aliphatic carbocycles. The summed E-state index contributed by atoms with van der Waals surface area (Å²) >= 11 is 0. The van der Waals surface area contributed by atoms with Crippen LogP contribution in [0.3, 0.4) is 0 Å². The number of nitrogens with zero attached hydrogens (tertiary/aromatic N) is 3. The van der Waals surface area contributed by atoms with Gasteiger partial charge in [-0.2, -0.15) is 9.97 Å². The van der Waals surface area contributed by atoms with E-state index in [0.717, 1.165) is 16.6 Å². The Labute approximate surface area is 116 Å². The maximum Gasteiger partial charge on any atom is 0.223 e. The molecule has 0 saturated carbocycles. The molecule has 100 valence electrons. The summed E-state index contributed by atoms with van der Waals surface area (Å²) in [7, 11) is 1.79. The summed E-state index contributed by atoms with van der Waals surface area (Å²) in [6.07, 6.45) is 1.77. The molecule has 0 aliphatic rings. The Kier molecular flexibility index (Phi) is 3.04. The fraction of sp³-hybridized carbons (Fsp3) is 0.0714. The van der Waals surface area contributed by atoms with Gasteiger partial charge in [0.15, 0.2) is 0 Å². The average molecular weight is 266 g/mol. The van der Waals surface area contributed by atoms with E-state index >= 15 is 0 Å². The van der Waals surface area contributed by atoms with Crippen LogP contribution < -0.4 is 16.4 Å². The fourth-order valence-corrected chi connectivity index (χ4v) is 2.01. The lowest BCUT2D eigenvalue weighted by Crippen LogP contribution is -2.03. The van der Waals surface area contributed by atoms with Gasteiger partial charge in [0, 0.05) is 30.4 Å². The quantitative estimate of drug-likeness (QED) is 0.674. The Bertz CT molecular complexity index is 750. The van der Waals surface area contributed by atoms with Gasteiger partial charge in [0.05, 0.1) is 5.52 Å². The molecule has 3 aromatic rings. The van der Waals surface area contributed by atoms with Crippen molar-refractivity contribution in [3.63, 3.8) is 0 Å². The van der Waals surface area contributed by atoms with Gasteiger partial charge in [0.1, 0.15) is 11.6 Å². The second kappa shape index (κ2) is 5.00. The number of hydrogen-bond donors (Lipinski definition) is 3. The number of hydrogen-bond acceptors (Lipinski definition) is 6. The Morgan fingerprint density at radius 1 is 1.05 bits per heavy atom. The molecule has 0 amide bonds. The topological polar surface area (TPSA) is 88.8 Å². The van der Waals surface area contributed by atoms with Crippen molar-refractivity contribution in [2.45, 2.75) is 0 Å². The summed E-state index contributed by atoms with van der Waals surface area (Å²) in [5.41, 5.74) is 7.54. The van der Waals surface area contributed by atoms with Crippen molar-refractivity contribution < 1.29 is 0 Å². The van der Waals surface area contributed by atoms with Crippen LogP contribution in [0.2, 0.25) is 0 Å². The fourth-order valence-electron chi connectivity index (χ4n) is 2.01. The van der Waals surface area contributed by atoms with E-state index in [9.17, 15) is 0 Å². The lowest BCUT2D eigenvalue weighted by atomic mass is 10.2. The van der Waals surface area contributed by atoms with Gasteiger partial charge in [-0.05, 0) is 24.3 Å². The van der Waals surface area contributed by atoms with Crippen molar-refractivity contribution in [2.24, 2.45) is 0 Å². The van der Waals surface area contributed by atoms with Crippen LogP contribution in [0, 0.1) is 0 Å². The number of nitrogens with one attached hydrogen (secondary N) is 2. The highest BCUT2D eigenvalue weighted by Gasteiger charge is 2.05. The Hall–Kier alpha value is -2.89. The largest absolute Gasteiger partial charge is 0.373 e. The lowest BCUT2D eigenvalue weighted by Gasteiger charge is -2.10. The molecular weight excluding hydrogens is 252 g/mol. The third kappa shape index (κ3) is 2.31. The smallest absolute Gasteiger partial charge is 0.223 e. The van der Waals surface area contributed by atoms with Gasteiger partial charge >= 0.3 is 0 Å². The van der Waals surface area contributed by atoms with Gasteiger partial charge in [-0.3, -0.25) is 4.98 Å². The van der Waals surface area contributed by atoms with E-state index in [2.05, 4.69) is 25.6 Å². The molecule has 0 atom stereocenters. The second-order valence-electron chi connectivity index (χ2n) is 4.25. The first-order chi connectivity index (χ1) is 9.76. The van der Waals surface area contributed by atoms with Crippen molar-refractivity contribution in [2.75, 3.05) is 23.4 Å². The number of aromatic nitrogens is 3. The monoisotopic (exact) mass is 266 g/mol. The predicted octanol–water partition coefficient (Wildman–Crippen LogP) is 2.39. The highest BCUT2D eigenvalue weighted by atomic mass is 15.1. The van der Waals surface area contributed by atoms with E-state index in [1.54, 1.807) is 19.3 Å². The van der Waals surface area contributed by atoms with Gasteiger partial charge in [-0.15, -0.1) is 0 Å². The van der Waals surface area contributed by atoms with Crippen LogP contribution in [0.4, 0.5) is 23.3 Å². The average Bonchev–Trinajstić information content (AvgIpc) is 2.47. The molecule has 2 heterocycles. The van der Waals surface area contributed by atoms with E-state index in [1.165, 1.54) is 0 Å².